The lowest BCUT2D eigenvalue weighted by Gasteiger charge is -2.17. The Morgan fingerprint density at radius 1 is 1.25 bits per heavy atom. The summed E-state index contributed by atoms with van der Waals surface area (Å²) in [5.74, 6) is 0.708. The zero-order valence-electron chi connectivity index (χ0n) is 11.4. The molecule has 0 spiro atoms. The highest BCUT2D eigenvalue weighted by Crippen LogP contribution is 2.29. The summed E-state index contributed by atoms with van der Waals surface area (Å²) >= 11 is 5.95. The highest BCUT2D eigenvalue weighted by molar-refractivity contribution is 6.30. The van der Waals surface area contributed by atoms with Gasteiger partial charge in [-0.25, -0.2) is 0 Å². The molecule has 1 atom stereocenters. The van der Waals surface area contributed by atoms with Gasteiger partial charge in [0.15, 0.2) is 0 Å². The lowest BCUT2D eigenvalue weighted by atomic mass is 10.0. The van der Waals surface area contributed by atoms with Gasteiger partial charge < -0.3 is 10.1 Å². The first-order valence-corrected chi connectivity index (χ1v) is 6.58. The second-order valence-electron chi connectivity index (χ2n) is 4.41. The first-order chi connectivity index (χ1) is 9.65. The Morgan fingerprint density at radius 3 is 2.65 bits per heavy atom. The molecule has 102 valence electrons. The topological polar surface area (TPSA) is 45.0 Å². The molecular formula is C16H15ClN2O. The summed E-state index contributed by atoms with van der Waals surface area (Å²) in [6.07, 6.45) is 0. The summed E-state index contributed by atoms with van der Waals surface area (Å²) in [5, 5.41) is 13.3. The summed E-state index contributed by atoms with van der Waals surface area (Å²) in [5.41, 5.74) is 2.67. The fourth-order valence-corrected chi connectivity index (χ4v) is 2.29. The van der Waals surface area contributed by atoms with Crippen molar-refractivity contribution in [1.29, 1.82) is 5.26 Å². The summed E-state index contributed by atoms with van der Waals surface area (Å²) < 4.78 is 5.28. The van der Waals surface area contributed by atoms with Crippen LogP contribution >= 0.6 is 11.6 Å². The number of halogens is 1. The normalized spacial score (nSPS) is 11.5. The van der Waals surface area contributed by atoms with Crippen molar-refractivity contribution >= 4 is 17.3 Å². The standard InChI is InChI=1S/C16H15ClN2O/c1-11-9-12(17)7-8-13(11)15(10-18)19-14-5-3-4-6-16(14)20-2/h3-9,15,19H,1-2H3. The van der Waals surface area contributed by atoms with E-state index < -0.39 is 6.04 Å². The minimum Gasteiger partial charge on any atom is -0.495 e. The molecule has 0 saturated heterocycles. The number of hydrogen-bond donors (Lipinski definition) is 1. The monoisotopic (exact) mass is 286 g/mol. The third-order valence-electron chi connectivity index (χ3n) is 3.08. The van der Waals surface area contributed by atoms with E-state index in [0.717, 1.165) is 16.8 Å². The molecule has 0 amide bonds. The molecule has 0 aliphatic carbocycles. The van der Waals surface area contributed by atoms with Crippen molar-refractivity contribution in [2.45, 2.75) is 13.0 Å². The van der Waals surface area contributed by atoms with Gasteiger partial charge in [0.1, 0.15) is 11.8 Å². The molecule has 0 saturated carbocycles. The summed E-state index contributed by atoms with van der Waals surface area (Å²) in [4.78, 5) is 0. The second-order valence-corrected chi connectivity index (χ2v) is 4.84. The molecule has 4 heteroatoms. The first kappa shape index (κ1) is 14.2. The van der Waals surface area contributed by atoms with Crippen LogP contribution in [0.3, 0.4) is 0 Å². The van der Waals surface area contributed by atoms with E-state index in [2.05, 4.69) is 11.4 Å². The Morgan fingerprint density at radius 2 is 2.00 bits per heavy atom. The van der Waals surface area contributed by atoms with Gasteiger partial charge in [0, 0.05) is 5.02 Å². The van der Waals surface area contributed by atoms with Crippen molar-refractivity contribution in [3.8, 4) is 11.8 Å². The maximum atomic E-state index is 9.41. The number of nitrogens with zero attached hydrogens (tertiary/aromatic N) is 1. The SMILES string of the molecule is COc1ccccc1NC(C#N)c1ccc(Cl)cc1C. The van der Waals surface area contributed by atoms with E-state index in [1.807, 2.05) is 43.3 Å². The van der Waals surface area contributed by atoms with Crippen LogP contribution in [0.5, 0.6) is 5.75 Å². The van der Waals surface area contributed by atoms with Gasteiger partial charge in [0.2, 0.25) is 0 Å². The van der Waals surface area contributed by atoms with Crippen LogP contribution in [-0.2, 0) is 0 Å². The Balaban J connectivity index is 2.32. The molecule has 2 rings (SSSR count). The van der Waals surface area contributed by atoms with Crippen molar-refractivity contribution in [3.63, 3.8) is 0 Å². The average molecular weight is 287 g/mol. The molecule has 2 aromatic rings. The first-order valence-electron chi connectivity index (χ1n) is 6.21. The Kier molecular flexibility index (Phi) is 4.49. The number of methoxy groups -OCH3 is 1. The second kappa shape index (κ2) is 6.31. The zero-order chi connectivity index (χ0) is 14.5. The van der Waals surface area contributed by atoms with E-state index in [1.54, 1.807) is 13.2 Å². The van der Waals surface area contributed by atoms with Gasteiger partial charge in [-0.05, 0) is 42.3 Å². The molecule has 3 nitrogen and oxygen atoms in total. The van der Waals surface area contributed by atoms with Gasteiger partial charge in [0.25, 0.3) is 0 Å². The minimum absolute atomic E-state index is 0.455. The third kappa shape index (κ3) is 3.04. The molecule has 0 radical (unpaired) electrons. The van der Waals surface area contributed by atoms with Gasteiger partial charge in [-0.15, -0.1) is 0 Å². The number of nitrogens with one attached hydrogen (secondary N) is 1. The summed E-state index contributed by atoms with van der Waals surface area (Å²) in [7, 11) is 1.61. The zero-order valence-corrected chi connectivity index (χ0v) is 12.1. The van der Waals surface area contributed by atoms with E-state index >= 15 is 0 Å². The predicted octanol–water partition coefficient (Wildman–Crippen LogP) is 4.33. The van der Waals surface area contributed by atoms with E-state index in [4.69, 9.17) is 16.3 Å². The van der Waals surface area contributed by atoms with Gasteiger partial charge in [-0.3, -0.25) is 0 Å². The van der Waals surface area contributed by atoms with Crippen molar-refractivity contribution in [1.82, 2.24) is 0 Å². The fourth-order valence-electron chi connectivity index (χ4n) is 2.06. The van der Waals surface area contributed by atoms with Crippen molar-refractivity contribution in [2.75, 3.05) is 12.4 Å². The van der Waals surface area contributed by atoms with Crippen molar-refractivity contribution in [3.05, 3.63) is 58.6 Å². The predicted molar refractivity (Wildman–Crippen MR) is 81.2 cm³/mol. The molecule has 0 aromatic heterocycles. The molecule has 0 fully saturated rings. The van der Waals surface area contributed by atoms with Crippen LogP contribution in [0.4, 0.5) is 5.69 Å². The summed E-state index contributed by atoms with van der Waals surface area (Å²) in [6, 6.07) is 14.8. The molecule has 0 aliphatic heterocycles. The molecule has 1 unspecified atom stereocenters. The Hall–Kier alpha value is -2.18. The molecule has 0 aliphatic rings. The van der Waals surface area contributed by atoms with Crippen LogP contribution in [0.25, 0.3) is 0 Å². The number of hydrogen-bond acceptors (Lipinski definition) is 3. The number of benzene rings is 2. The van der Waals surface area contributed by atoms with Gasteiger partial charge in [0.05, 0.1) is 18.9 Å². The van der Waals surface area contributed by atoms with Crippen LogP contribution in [0.15, 0.2) is 42.5 Å². The smallest absolute Gasteiger partial charge is 0.141 e. The maximum absolute atomic E-state index is 9.41. The lowest BCUT2D eigenvalue weighted by molar-refractivity contribution is 0.416. The molecule has 20 heavy (non-hydrogen) atoms. The highest BCUT2D eigenvalue weighted by atomic mass is 35.5. The third-order valence-corrected chi connectivity index (χ3v) is 3.31. The quantitative estimate of drug-likeness (QED) is 0.909. The Bertz CT molecular complexity index is 649. The van der Waals surface area contributed by atoms with Gasteiger partial charge >= 0.3 is 0 Å². The number of ether oxygens (including phenoxy) is 1. The maximum Gasteiger partial charge on any atom is 0.141 e. The molecular weight excluding hydrogens is 272 g/mol. The van der Waals surface area contributed by atoms with Crippen molar-refractivity contribution in [2.24, 2.45) is 0 Å². The minimum atomic E-state index is -0.455. The number of para-hydroxylation sites is 2. The molecule has 2 aromatic carbocycles. The Labute approximate surface area is 123 Å². The number of nitriles is 1. The number of rotatable bonds is 4. The van der Waals surface area contributed by atoms with Crippen LogP contribution in [-0.4, -0.2) is 7.11 Å². The van der Waals surface area contributed by atoms with E-state index in [-0.39, 0.29) is 0 Å². The molecule has 0 heterocycles. The van der Waals surface area contributed by atoms with Crippen LogP contribution in [0.2, 0.25) is 5.02 Å². The summed E-state index contributed by atoms with van der Waals surface area (Å²) in [6.45, 7) is 1.94. The molecule has 0 bridgehead atoms. The van der Waals surface area contributed by atoms with E-state index in [0.29, 0.717) is 10.8 Å². The van der Waals surface area contributed by atoms with E-state index in [1.165, 1.54) is 0 Å². The van der Waals surface area contributed by atoms with Crippen LogP contribution < -0.4 is 10.1 Å². The largest absolute Gasteiger partial charge is 0.495 e. The van der Waals surface area contributed by atoms with Crippen LogP contribution in [0.1, 0.15) is 17.2 Å². The average Bonchev–Trinajstić information content (AvgIpc) is 2.46. The van der Waals surface area contributed by atoms with Crippen molar-refractivity contribution < 1.29 is 4.74 Å². The van der Waals surface area contributed by atoms with Gasteiger partial charge in [-0.2, -0.15) is 5.26 Å². The number of aryl methyl sites for hydroxylation is 1. The van der Waals surface area contributed by atoms with Gasteiger partial charge in [-0.1, -0.05) is 29.8 Å². The van der Waals surface area contributed by atoms with E-state index in [9.17, 15) is 5.26 Å². The fraction of sp³-hybridized carbons (Fsp3) is 0.188. The van der Waals surface area contributed by atoms with Crippen LogP contribution in [0, 0.1) is 18.3 Å². The molecule has 1 N–H and O–H groups in total. The highest BCUT2D eigenvalue weighted by Gasteiger charge is 2.14. The lowest BCUT2D eigenvalue weighted by Crippen LogP contribution is -2.10. The number of anilines is 1.